The molecule has 1 radical (unpaired) electrons. The third kappa shape index (κ3) is 3.65. The van der Waals surface area contributed by atoms with Gasteiger partial charge in [-0.05, 0) is 49.4 Å². The van der Waals surface area contributed by atoms with Crippen molar-refractivity contribution in [2.75, 3.05) is 17.7 Å². The number of hydrogen-bond donors (Lipinski definition) is 1. The Morgan fingerprint density at radius 3 is 2.57 bits per heavy atom. The molecule has 0 saturated carbocycles. The zero-order chi connectivity index (χ0) is 17.2. The molecular weight excluding hydrogens is 336 g/mol. The molecule has 1 unspecified atom stereocenters. The third-order valence-corrected chi connectivity index (χ3v) is 5.80. The van der Waals surface area contributed by atoms with E-state index in [4.69, 9.17) is 17.3 Å². The van der Waals surface area contributed by atoms with Gasteiger partial charge in [0, 0.05) is 24.0 Å². The van der Waals surface area contributed by atoms with Crippen molar-refractivity contribution in [2.24, 2.45) is 0 Å². The van der Waals surface area contributed by atoms with Crippen LogP contribution in [0.4, 0.5) is 11.4 Å². The zero-order valence-electron chi connectivity index (χ0n) is 12.7. The normalized spacial score (nSPS) is 12.7. The highest BCUT2D eigenvalue weighted by Gasteiger charge is 2.22. The maximum absolute atomic E-state index is 12.4. The summed E-state index contributed by atoms with van der Waals surface area (Å²) in [4.78, 5) is 13.8. The molecule has 2 N–H and O–H groups in total. The first-order chi connectivity index (χ1) is 10.7. The lowest BCUT2D eigenvalue weighted by atomic mass is 10.1. The summed E-state index contributed by atoms with van der Waals surface area (Å²) in [6.07, 6.45) is 0. The number of amides is 1. The number of nitrogens with zero attached hydrogens (tertiary/aromatic N) is 1. The lowest BCUT2D eigenvalue weighted by Gasteiger charge is -2.18. The summed E-state index contributed by atoms with van der Waals surface area (Å²) in [6, 6.07) is 13.6. The minimum atomic E-state index is -3.63. The molecule has 7 heteroatoms. The zero-order valence-corrected chi connectivity index (χ0v) is 14.2. The van der Waals surface area contributed by atoms with Gasteiger partial charge in [-0.15, -0.1) is 11.6 Å². The molecule has 0 aliphatic heterocycles. The van der Waals surface area contributed by atoms with Crippen LogP contribution in [0.3, 0.4) is 0 Å². The van der Waals surface area contributed by atoms with E-state index in [1.54, 1.807) is 31.3 Å². The molecule has 23 heavy (non-hydrogen) atoms. The van der Waals surface area contributed by atoms with Gasteiger partial charge in [0.2, 0.25) is 0 Å². The topological polar surface area (TPSA) is 80.5 Å². The highest BCUT2D eigenvalue weighted by Crippen LogP contribution is 2.24. The first kappa shape index (κ1) is 17.3. The number of hydrogen-bond acceptors (Lipinski definition) is 4. The Kier molecular flexibility index (Phi) is 4.97. The molecule has 0 spiro atoms. The van der Waals surface area contributed by atoms with E-state index in [0.29, 0.717) is 16.9 Å². The molecule has 1 atom stereocenters. The largest absolute Gasteiger partial charge is 0.399 e. The molecule has 0 fully saturated rings. The van der Waals surface area contributed by atoms with Crippen molar-refractivity contribution in [2.45, 2.75) is 16.5 Å². The Balaban J connectivity index is 2.35. The molecule has 0 heterocycles. The highest BCUT2D eigenvalue weighted by atomic mass is 35.5. The molecule has 2 rings (SSSR count). The van der Waals surface area contributed by atoms with Crippen molar-refractivity contribution in [3.63, 3.8) is 0 Å². The summed E-state index contributed by atoms with van der Waals surface area (Å²) in [5.74, 6) is -0.321. The van der Waals surface area contributed by atoms with Crippen LogP contribution in [0.15, 0.2) is 47.4 Å². The van der Waals surface area contributed by atoms with Crippen molar-refractivity contribution >= 4 is 38.7 Å². The molecule has 0 aliphatic rings. The molecule has 0 aliphatic carbocycles. The van der Waals surface area contributed by atoms with Crippen LogP contribution in [-0.4, -0.2) is 26.1 Å². The summed E-state index contributed by atoms with van der Waals surface area (Å²) in [5, 5.41) is 0. The number of benzene rings is 2. The number of nitrogen functional groups attached to an aromatic ring is 1. The number of sulfone groups is 1. The molecule has 0 bridgehead atoms. The number of nitrogens with two attached hydrogens (primary N) is 1. The quantitative estimate of drug-likeness (QED) is 0.678. The van der Waals surface area contributed by atoms with Crippen molar-refractivity contribution < 1.29 is 13.2 Å². The fourth-order valence-corrected chi connectivity index (χ4v) is 3.16. The van der Waals surface area contributed by atoms with Crippen LogP contribution in [0.5, 0.6) is 0 Å². The van der Waals surface area contributed by atoms with Gasteiger partial charge in [-0.25, -0.2) is 8.42 Å². The number of rotatable bonds is 4. The van der Waals surface area contributed by atoms with Gasteiger partial charge in [-0.1, -0.05) is 6.07 Å². The average molecular weight is 352 g/mol. The molecule has 121 valence electrons. The number of alkyl halides is 1. The van der Waals surface area contributed by atoms with E-state index < -0.39 is 14.5 Å². The Morgan fingerprint density at radius 2 is 2.00 bits per heavy atom. The Morgan fingerprint density at radius 1 is 1.30 bits per heavy atom. The number of carbonyl (C=O) groups is 1. The van der Waals surface area contributed by atoms with Crippen molar-refractivity contribution in [1.29, 1.82) is 0 Å². The molecule has 5 nitrogen and oxygen atoms in total. The van der Waals surface area contributed by atoms with Crippen molar-refractivity contribution in [3.8, 4) is 0 Å². The van der Waals surface area contributed by atoms with Crippen LogP contribution in [0.25, 0.3) is 0 Å². The maximum Gasteiger partial charge on any atom is 0.258 e. The highest BCUT2D eigenvalue weighted by molar-refractivity contribution is 7.93. The number of halogens is 1. The number of carbonyl (C=O) groups excluding carboxylic acids is 1. The lowest BCUT2D eigenvalue weighted by Crippen LogP contribution is -2.26. The summed E-state index contributed by atoms with van der Waals surface area (Å²) in [7, 11) is -2.07. The summed E-state index contributed by atoms with van der Waals surface area (Å²) in [5.41, 5.74) is 6.86. The Hall–Kier alpha value is -2.05. The fraction of sp³-hybridized carbons (Fsp3) is 0.188. The predicted octanol–water partition coefficient (Wildman–Crippen LogP) is 2.70. The van der Waals surface area contributed by atoms with E-state index in [0.717, 1.165) is 0 Å². The summed E-state index contributed by atoms with van der Waals surface area (Å²) < 4.78 is 23.2. The average Bonchev–Trinajstić information content (AvgIpc) is 2.54. The first-order valence-corrected chi connectivity index (χ1v) is 8.75. The monoisotopic (exact) mass is 351 g/mol. The van der Waals surface area contributed by atoms with Gasteiger partial charge < -0.3 is 10.6 Å². The SMILES string of the molecule is CC(Cl)S(=O)(=O)c1cccc(N(C)C(=O)c2[c]cc(N)cc2)c1. The molecule has 1 amide bonds. The van der Waals surface area contributed by atoms with Crippen molar-refractivity contribution in [1.82, 2.24) is 0 Å². The molecule has 0 saturated heterocycles. The van der Waals surface area contributed by atoms with E-state index in [2.05, 4.69) is 6.07 Å². The van der Waals surface area contributed by atoms with E-state index >= 15 is 0 Å². The van der Waals surface area contributed by atoms with Crippen LogP contribution in [0, 0.1) is 6.07 Å². The van der Waals surface area contributed by atoms with E-state index in [1.807, 2.05) is 0 Å². The second kappa shape index (κ2) is 6.60. The molecule has 2 aromatic carbocycles. The Bertz CT molecular complexity index is 817. The lowest BCUT2D eigenvalue weighted by molar-refractivity contribution is 0.0992. The molecule has 0 aromatic heterocycles. The molecular formula is C16H16ClN2O3S. The second-order valence-electron chi connectivity index (χ2n) is 4.99. The van der Waals surface area contributed by atoms with Gasteiger partial charge >= 0.3 is 0 Å². The van der Waals surface area contributed by atoms with E-state index in [9.17, 15) is 13.2 Å². The molecule has 2 aromatic rings. The van der Waals surface area contributed by atoms with Crippen LogP contribution < -0.4 is 10.6 Å². The summed E-state index contributed by atoms with van der Waals surface area (Å²) in [6.45, 7) is 1.39. The van der Waals surface area contributed by atoms with Gasteiger partial charge in [-0.3, -0.25) is 4.79 Å². The standard InChI is InChI=1S/C16H16ClN2O3S/c1-11(17)23(21,22)15-5-3-4-14(10-15)19(2)16(20)12-6-8-13(18)9-7-12/h3-6,8-11H,18H2,1-2H3. The van der Waals surface area contributed by atoms with Gasteiger partial charge in [0.05, 0.1) is 4.90 Å². The van der Waals surface area contributed by atoms with Gasteiger partial charge in [0.1, 0.15) is 4.71 Å². The second-order valence-corrected chi connectivity index (χ2v) is 8.17. The maximum atomic E-state index is 12.4. The van der Waals surface area contributed by atoms with Gasteiger partial charge in [0.15, 0.2) is 9.84 Å². The number of anilines is 2. The van der Waals surface area contributed by atoms with Crippen LogP contribution in [-0.2, 0) is 9.84 Å². The van der Waals surface area contributed by atoms with Crippen LogP contribution >= 0.6 is 11.6 Å². The minimum Gasteiger partial charge on any atom is -0.399 e. The summed E-state index contributed by atoms with van der Waals surface area (Å²) >= 11 is 5.72. The van der Waals surface area contributed by atoms with E-state index in [-0.39, 0.29) is 10.8 Å². The smallest absolute Gasteiger partial charge is 0.258 e. The van der Waals surface area contributed by atoms with Crippen molar-refractivity contribution in [3.05, 3.63) is 54.1 Å². The van der Waals surface area contributed by atoms with Crippen LogP contribution in [0.1, 0.15) is 17.3 Å². The van der Waals surface area contributed by atoms with E-state index in [1.165, 1.54) is 30.0 Å². The first-order valence-electron chi connectivity index (χ1n) is 6.77. The van der Waals surface area contributed by atoms with Crippen LogP contribution in [0.2, 0.25) is 0 Å². The Labute approximate surface area is 140 Å². The minimum absolute atomic E-state index is 0.0680. The fourth-order valence-electron chi connectivity index (χ4n) is 1.92. The van der Waals surface area contributed by atoms with Gasteiger partial charge in [0.25, 0.3) is 5.91 Å². The van der Waals surface area contributed by atoms with Gasteiger partial charge in [-0.2, -0.15) is 0 Å². The predicted molar refractivity (Wildman–Crippen MR) is 91.4 cm³/mol. The third-order valence-electron chi connectivity index (χ3n) is 3.33.